The largest absolute Gasteiger partial charge is 0.324 e. The molecule has 3 aromatic carbocycles. The van der Waals surface area contributed by atoms with E-state index in [0.29, 0.717) is 56.9 Å². The molecule has 0 atom stereocenters. The maximum Gasteiger partial charge on any atom is 0.164 e. The van der Waals surface area contributed by atoms with E-state index in [0.717, 1.165) is 33.0 Å². The molecule has 2 N–H and O–H groups in total. The zero-order valence-electron chi connectivity index (χ0n) is 20.7. The van der Waals surface area contributed by atoms with Crippen LogP contribution in [0.4, 0.5) is 0 Å². The summed E-state index contributed by atoms with van der Waals surface area (Å²) in [7, 11) is 0. The molecule has 0 radical (unpaired) electrons. The van der Waals surface area contributed by atoms with Crippen LogP contribution in [-0.4, -0.2) is 49.8 Å². The lowest BCUT2D eigenvalue weighted by Gasteiger charge is -1.96. The summed E-state index contributed by atoms with van der Waals surface area (Å²) in [5.74, 6) is 2.18. The highest BCUT2D eigenvalue weighted by atomic mass is 15.1. The van der Waals surface area contributed by atoms with Crippen LogP contribution in [0.5, 0.6) is 0 Å². The average Bonchev–Trinajstić information content (AvgIpc) is 3.73. The van der Waals surface area contributed by atoms with Crippen molar-refractivity contribution in [3.63, 3.8) is 0 Å². The SMILES string of the molecule is c1ccc2c(c1)-c1nc-2nc2[nH]c(nc3nc(nc4[nH]c(n1)c1ccccc41)-c1ccccc1-3)c1nccnc21. The van der Waals surface area contributed by atoms with Crippen LogP contribution in [0.1, 0.15) is 0 Å². The Labute approximate surface area is 225 Å². The lowest BCUT2D eigenvalue weighted by molar-refractivity contribution is 1.19. The van der Waals surface area contributed by atoms with Gasteiger partial charge < -0.3 is 9.97 Å². The van der Waals surface area contributed by atoms with E-state index in [1.807, 2.05) is 72.8 Å². The smallest absolute Gasteiger partial charge is 0.164 e. The van der Waals surface area contributed by atoms with Gasteiger partial charge in [0.25, 0.3) is 0 Å². The van der Waals surface area contributed by atoms with Crippen molar-refractivity contribution < 1.29 is 0 Å². The Morgan fingerprint density at radius 3 is 1.15 bits per heavy atom. The van der Waals surface area contributed by atoms with Crippen LogP contribution in [0.3, 0.4) is 0 Å². The molecule has 10 nitrogen and oxygen atoms in total. The van der Waals surface area contributed by atoms with Gasteiger partial charge in [-0.1, -0.05) is 72.8 Å². The topological polar surface area (TPSA) is 135 Å². The van der Waals surface area contributed by atoms with Crippen LogP contribution in [0, 0.1) is 0 Å². The van der Waals surface area contributed by atoms with Gasteiger partial charge in [0, 0.05) is 45.4 Å². The number of nitrogens with one attached hydrogen (secondary N) is 2. The molecule has 0 aliphatic carbocycles. The van der Waals surface area contributed by atoms with Gasteiger partial charge in [-0.3, -0.25) is 0 Å². The standard InChI is InChI=1S/C30H16N10/c1-2-8-16-15(7-1)23-33-24(16)35-26-18-10-4-6-12-20(18)28(37-26)39-30-22-21(31-13-14-32-22)29(40-30)38-27-19-11-5-3-9-17(19)25(34-23)36-27/h1-14H,(H2,33,34,35,36,37,38,39,40). The second-order valence-electron chi connectivity index (χ2n) is 9.50. The monoisotopic (exact) mass is 516 g/mol. The fourth-order valence-electron chi connectivity index (χ4n) is 5.35. The minimum Gasteiger partial charge on any atom is -0.324 e. The van der Waals surface area contributed by atoms with E-state index in [1.54, 1.807) is 12.4 Å². The highest BCUT2D eigenvalue weighted by Crippen LogP contribution is 2.36. The summed E-state index contributed by atoms with van der Waals surface area (Å²) in [4.78, 5) is 45.4. The molecule has 7 aromatic rings. The van der Waals surface area contributed by atoms with E-state index in [2.05, 4.69) is 19.9 Å². The van der Waals surface area contributed by atoms with Crippen LogP contribution in [0.2, 0.25) is 0 Å². The predicted octanol–water partition coefficient (Wildman–Crippen LogP) is 5.66. The molecule has 0 spiro atoms. The zero-order valence-corrected chi connectivity index (χ0v) is 20.7. The fourth-order valence-corrected chi connectivity index (χ4v) is 5.35. The number of hydrogen-bond donors (Lipinski definition) is 2. The van der Waals surface area contributed by atoms with Gasteiger partial charge in [0.15, 0.2) is 34.6 Å². The Morgan fingerprint density at radius 1 is 0.375 bits per heavy atom. The van der Waals surface area contributed by atoms with Gasteiger partial charge in [0.1, 0.15) is 22.3 Å². The Morgan fingerprint density at radius 2 is 0.725 bits per heavy atom. The van der Waals surface area contributed by atoms with Gasteiger partial charge in [0.05, 0.1) is 0 Å². The van der Waals surface area contributed by atoms with E-state index in [1.165, 1.54) is 0 Å². The van der Waals surface area contributed by atoms with E-state index >= 15 is 0 Å². The third kappa shape index (κ3) is 2.98. The Balaban J connectivity index is 1.51. The number of hydrogen-bond acceptors (Lipinski definition) is 8. The normalized spacial score (nSPS) is 12.0. The fraction of sp³-hybridized carbons (Fsp3) is 0. The van der Waals surface area contributed by atoms with Crippen LogP contribution in [0.25, 0.3) is 89.9 Å². The molecule has 10 heteroatoms. The summed E-state index contributed by atoms with van der Waals surface area (Å²) in [5, 5.41) is 1.87. The third-order valence-electron chi connectivity index (χ3n) is 7.17. The number of H-pyrrole nitrogens is 2. The minimum atomic E-state index is 0.511. The van der Waals surface area contributed by atoms with Crippen LogP contribution >= 0.6 is 0 Å². The van der Waals surface area contributed by atoms with Gasteiger partial charge in [0.2, 0.25) is 0 Å². The number of benzene rings is 3. The molecule has 4 aromatic heterocycles. The highest BCUT2D eigenvalue weighted by molar-refractivity contribution is 6.05. The summed E-state index contributed by atoms with van der Waals surface area (Å²) in [6.07, 6.45) is 3.28. The van der Waals surface area contributed by atoms with Crippen molar-refractivity contribution in [3.8, 4) is 45.6 Å². The minimum absolute atomic E-state index is 0.511. The third-order valence-corrected chi connectivity index (χ3v) is 7.17. The summed E-state index contributed by atoms with van der Waals surface area (Å²) >= 11 is 0. The lowest BCUT2D eigenvalue weighted by Crippen LogP contribution is -1.83. The summed E-state index contributed by atoms with van der Waals surface area (Å²) in [6, 6.07) is 23.9. The molecule has 0 saturated carbocycles. The first-order chi connectivity index (χ1) is 19.8. The van der Waals surface area contributed by atoms with Crippen molar-refractivity contribution in [2.24, 2.45) is 0 Å². The molecule has 0 saturated heterocycles. The van der Waals surface area contributed by atoms with Gasteiger partial charge in [-0.15, -0.1) is 0 Å². The molecule has 0 unspecified atom stereocenters. The first-order valence-electron chi connectivity index (χ1n) is 12.7. The van der Waals surface area contributed by atoms with Crippen molar-refractivity contribution in [2.75, 3.05) is 0 Å². The highest BCUT2D eigenvalue weighted by Gasteiger charge is 2.22. The molecular formula is C30H16N10. The number of nitrogens with zero attached hydrogens (tertiary/aromatic N) is 8. The summed E-state index contributed by atoms with van der Waals surface area (Å²) in [5.41, 5.74) is 7.08. The summed E-state index contributed by atoms with van der Waals surface area (Å²) in [6.45, 7) is 0. The molecule has 2 aliphatic rings. The van der Waals surface area contributed by atoms with E-state index in [4.69, 9.17) is 29.9 Å². The molecule has 8 bridgehead atoms. The second-order valence-corrected chi connectivity index (χ2v) is 9.50. The first-order valence-corrected chi connectivity index (χ1v) is 12.7. The lowest BCUT2D eigenvalue weighted by atomic mass is 10.1. The Bertz CT molecular complexity index is 2030. The molecule has 40 heavy (non-hydrogen) atoms. The second kappa shape index (κ2) is 7.81. The van der Waals surface area contributed by atoms with E-state index < -0.39 is 0 Å². The molecular weight excluding hydrogens is 500 g/mol. The molecule has 0 fully saturated rings. The predicted molar refractivity (Wildman–Crippen MR) is 152 cm³/mol. The molecule has 186 valence electrons. The van der Waals surface area contributed by atoms with Crippen molar-refractivity contribution in [1.29, 1.82) is 0 Å². The van der Waals surface area contributed by atoms with Gasteiger partial charge >= 0.3 is 0 Å². The number of rotatable bonds is 0. The van der Waals surface area contributed by atoms with Crippen LogP contribution in [-0.2, 0) is 0 Å². The van der Waals surface area contributed by atoms with Gasteiger partial charge in [-0.25, -0.2) is 39.9 Å². The quantitative estimate of drug-likeness (QED) is 0.264. The molecule has 6 heterocycles. The molecule has 9 rings (SSSR count). The van der Waals surface area contributed by atoms with Crippen LogP contribution < -0.4 is 0 Å². The average molecular weight is 517 g/mol. The van der Waals surface area contributed by atoms with Gasteiger partial charge in [-0.2, -0.15) is 0 Å². The van der Waals surface area contributed by atoms with Crippen molar-refractivity contribution in [2.45, 2.75) is 0 Å². The van der Waals surface area contributed by atoms with Crippen molar-refractivity contribution >= 4 is 44.4 Å². The van der Waals surface area contributed by atoms with Gasteiger partial charge in [-0.05, 0) is 0 Å². The van der Waals surface area contributed by atoms with Crippen molar-refractivity contribution in [3.05, 3.63) is 85.2 Å². The molecule has 2 aliphatic heterocycles. The Kier molecular flexibility index (Phi) is 4.11. The number of aromatic nitrogens is 10. The maximum atomic E-state index is 4.99. The number of aromatic amines is 2. The van der Waals surface area contributed by atoms with E-state index in [-0.39, 0.29) is 0 Å². The zero-order chi connectivity index (χ0) is 26.2. The van der Waals surface area contributed by atoms with Crippen molar-refractivity contribution in [1.82, 2.24) is 49.8 Å². The Hall–Kier alpha value is -5.90. The first kappa shape index (κ1) is 21.1. The molecule has 0 amide bonds. The van der Waals surface area contributed by atoms with E-state index in [9.17, 15) is 0 Å². The number of fused-ring (bicyclic) bond motifs is 20. The van der Waals surface area contributed by atoms with Crippen LogP contribution in [0.15, 0.2) is 85.2 Å². The summed E-state index contributed by atoms with van der Waals surface area (Å²) < 4.78 is 0. The maximum absolute atomic E-state index is 4.99.